The monoisotopic (exact) mass is 336 g/mol. The first-order chi connectivity index (χ1) is 9.70. The van der Waals surface area contributed by atoms with Crippen LogP contribution in [0.5, 0.6) is 5.75 Å². The minimum Gasteiger partial charge on any atom is -0.484 e. The van der Waals surface area contributed by atoms with Gasteiger partial charge in [0.15, 0.2) is 0 Å². The largest absolute Gasteiger partial charge is 0.484 e. The van der Waals surface area contributed by atoms with Gasteiger partial charge in [0.05, 0.1) is 12.7 Å². The SMILES string of the molecule is Cc1cc(COc2cncc(Br)c2)oc1CNC1CC1. The highest BCUT2D eigenvalue weighted by Crippen LogP contribution is 2.22. The molecule has 0 spiro atoms. The summed E-state index contributed by atoms with van der Waals surface area (Å²) < 4.78 is 12.4. The summed E-state index contributed by atoms with van der Waals surface area (Å²) in [6.45, 7) is 3.29. The Kier molecular flexibility index (Phi) is 4.08. The number of pyridine rings is 1. The predicted molar refractivity (Wildman–Crippen MR) is 79.6 cm³/mol. The van der Waals surface area contributed by atoms with Gasteiger partial charge >= 0.3 is 0 Å². The van der Waals surface area contributed by atoms with Crippen LogP contribution in [-0.4, -0.2) is 11.0 Å². The maximum atomic E-state index is 5.82. The molecule has 2 heterocycles. The molecule has 3 rings (SSSR count). The molecule has 5 heteroatoms. The van der Waals surface area contributed by atoms with Crippen LogP contribution in [0, 0.1) is 6.92 Å². The lowest BCUT2D eigenvalue weighted by Crippen LogP contribution is -2.15. The number of nitrogens with one attached hydrogen (secondary N) is 1. The second kappa shape index (κ2) is 5.97. The number of aromatic nitrogens is 1. The number of ether oxygens (including phenoxy) is 1. The van der Waals surface area contributed by atoms with Crippen molar-refractivity contribution in [2.75, 3.05) is 0 Å². The summed E-state index contributed by atoms with van der Waals surface area (Å²) in [5.41, 5.74) is 1.17. The first-order valence-corrected chi connectivity index (χ1v) is 7.55. The molecule has 1 fully saturated rings. The van der Waals surface area contributed by atoms with E-state index in [2.05, 4.69) is 33.2 Å². The van der Waals surface area contributed by atoms with Gasteiger partial charge in [-0.05, 0) is 53.4 Å². The molecule has 1 N–H and O–H groups in total. The molecule has 4 nitrogen and oxygen atoms in total. The van der Waals surface area contributed by atoms with Gasteiger partial charge in [-0.3, -0.25) is 4.98 Å². The molecular weight excluding hydrogens is 320 g/mol. The molecule has 1 aliphatic rings. The Hall–Kier alpha value is -1.33. The quantitative estimate of drug-likeness (QED) is 0.875. The fourth-order valence-corrected chi connectivity index (χ4v) is 2.33. The van der Waals surface area contributed by atoms with Crippen LogP contribution >= 0.6 is 15.9 Å². The molecule has 0 aromatic carbocycles. The van der Waals surface area contributed by atoms with E-state index in [4.69, 9.17) is 9.15 Å². The molecule has 2 aromatic heterocycles. The Morgan fingerprint density at radius 3 is 3.00 bits per heavy atom. The minimum absolute atomic E-state index is 0.419. The Balaban J connectivity index is 1.58. The van der Waals surface area contributed by atoms with E-state index in [-0.39, 0.29) is 0 Å². The van der Waals surface area contributed by atoms with Crippen molar-refractivity contribution >= 4 is 15.9 Å². The van der Waals surface area contributed by atoms with Crippen LogP contribution in [0.4, 0.5) is 0 Å². The summed E-state index contributed by atoms with van der Waals surface area (Å²) in [5, 5.41) is 3.46. The molecule has 0 atom stereocenters. The van der Waals surface area contributed by atoms with Crippen molar-refractivity contribution in [1.29, 1.82) is 0 Å². The zero-order valence-corrected chi connectivity index (χ0v) is 12.9. The highest BCUT2D eigenvalue weighted by molar-refractivity contribution is 9.10. The van der Waals surface area contributed by atoms with Crippen molar-refractivity contribution in [3.63, 3.8) is 0 Å². The molecule has 106 valence electrons. The lowest BCUT2D eigenvalue weighted by molar-refractivity contribution is 0.264. The number of nitrogens with zero attached hydrogens (tertiary/aromatic N) is 1. The third-order valence-electron chi connectivity index (χ3n) is 3.26. The zero-order valence-electron chi connectivity index (χ0n) is 11.4. The van der Waals surface area contributed by atoms with Crippen molar-refractivity contribution < 1.29 is 9.15 Å². The molecule has 0 saturated heterocycles. The summed E-state index contributed by atoms with van der Waals surface area (Å²) in [7, 11) is 0. The van der Waals surface area contributed by atoms with E-state index in [1.54, 1.807) is 12.4 Å². The fraction of sp³-hybridized carbons (Fsp3) is 0.400. The van der Waals surface area contributed by atoms with Crippen molar-refractivity contribution in [2.24, 2.45) is 0 Å². The average molecular weight is 337 g/mol. The van der Waals surface area contributed by atoms with Crippen LogP contribution in [-0.2, 0) is 13.2 Å². The molecule has 2 aromatic rings. The lowest BCUT2D eigenvalue weighted by atomic mass is 10.2. The van der Waals surface area contributed by atoms with Crippen LogP contribution in [0.15, 0.2) is 33.4 Å². The number of hydrogen-bond acceptors (Lipinski definition) is 4. The van der Waals surface area contributed by atoms with Gasteiger partial charge in [-0.1, -0.05) is 0 Å². The number of aryl methyl sites for hydroxylation is 1. The van der Waals surface area contributed by atoms with Gasteiger partial charge in [-0.25, -0.2) is 0 Å². The second-order valence-corrected chi connectivity index (χ2v) is 6.02. The third kappa shape index (κ3) is 3.61. The van der Waals surface area contributed by atoms with Gasteiger partial charge in [0.25, 0.3) is 0 Å². The van der Waals surface area contributed by atoms with Crippen LogP contribution in [0.3, 0.4) is 0 Å². The molecule has 0 amide bonds. The number of furan rings is 1. The van der Waals surface area contributed by atoms with Crippen LogP contribution in [0.2, 0.25) is 0 Å². The maximum absolute atomic E-state index is 5.82. The molecule has 1 aliphatic carbocycles. The predicted octanol–water partition coefficient (Wildman–Crippen LogP) is 3.58. The number of rotatable bonds is 6. The normalized spacial score (nSPS) is 14.5. The van der Waals surface area contributed by atoms with E-state index in [0.29, 0.717) is 12.6 Å². The van der Waals surface area contributed by atoms with E-state index in [1.807, 2.05) is 12.1 Å². The summed E-state index contributed by atoms with van der Waals surface area (Å²) >= 11 is 3.37. The Bertz CT molecular complexity index is 593. The minimum atomic E-state index is 0.419. The molecule has 1 saturated carbocycles. The summed E-state index contributed by atoms with van der Waals surface area (Å²) in [6.07, 6.45) is 5.99. The summed E-state index contributed by atoms with van der Waals surface area (Å²) in [4.78, 5) is 4.06. The van der Waals surface area contributed by atoms with Crippen molar-refractivity contribution in [1.82, 2.24) is 10.3 Å². The second-order valence-electron chi connectivity index (χ2n) is 5.10. The Morgan fingerprint density at radius 1 is 1.40 bits per heavy atom. The van der Waals surface area contributed by atoms with E-state index in [1.165, 1.54) is 18.4 Å². The van der Waals surface area contributed by atoms with Crippen LogP contribution in [0.1, 0.15) is 29.9 Å². The molecule has 0 radical (unpaired) electrons. The first-order valence-electron chi connectivity index (χ1n) is 6.75. The zero-order chi connectivity index (χ0) is 13.9. The van der Waals surface area contributed by atoms with Crippen molar-refractivity contribution in [2.45, 2.75) is 39.0 Å². The van der Waals surface area contributed by atoms with Crippen molar-refractivity contribution in [3.05, 3.63) is 46.1 Å². The van der Waals surface area contributed by atoms with Gasteiger partial charge in [-0.15, -0.1) is 0 Å². The van der Waals surface area contributed by atoms with E-state index < -0.39 is 0 Å². The highest BCUT2D eigenvalue weighted by Gasteiger charge is 2.21. The third-order valence-corrected chi connectivity index (χ3v) is 3.69. The van der Waals surface area contributed by atoms with Gasteiger partial charge in [0, 0.05) is 16.7 Å². The lowest BCUT2D eigenvalue weighted by Gasteiger charge is -2.04. The first kappa shape index (κ1) is 13.6. The van der Waals surface area contributed by atoms with Gasteiger partial charge < -0.3 is 14.5 Å². The summed E-state index contributed by atoms with van der Waals surface area (Å²) in [5.74, 6) is 2.57. The van der Waals surface area contributed by atoms with Crippen LogP contribution in [0.25, 0.3) is 0 Å². The van der Waals surface area contributed by atoms with Gasteiger partial charge in [0.2, 0.25) is 0 Å². The molecule has 0 aliphatic heterocycles. The molecular formula is C15H17BrN2O2. The number of halogens is 1. The Labute approximate surface area is 126 Å². The van der Waals surface area contributed by atoms with Gasteiger partial charge in [0.1, 0.15) is 23.9 Å². The van der Waals surface area contributed by atoms with E-state index in [9.17, 15) is 0 Å². The maximum Gasteiger partial charge on any atom is 0.146 e. The standard InChI is InChI=1S/C15H17BrN2O2/c1-10-4-14(20-15(10)8-18-12-2-3-12)9-19-13-5-11(16)6-17-7-13/h4-7,12,18H,2-3,8-9H2,1H3. The van der Waals surface area contributed by atoms with Crippen LogP contribution < -0.4 is 10.1 Å². The highest BCUT2D eigenvalue weighted by atomic mass is 79.9. The smallest absolute Gasteiger partial charge is 0.146 e. The Morgan fingerprint density at radius 2 is 2.25 bits per heavy atom. The van der Waals surface area contributed by atoms with E-state index in [0.717, 1.165) is 28.3 Å². The molecule has 0 bridgehead atoms. The van der Waals surface area contributed by atoms with Gasteiger partial charge in [-0.2, -0.15) is 0 Å². The fourth-order valence-electron chi connectivity index (χ4n) is 1.99. The summed E-state index contributed by atoms with van der Waals surface area (Å²) in [6, 6.07) is 4.61. The average Bonchev–Trinajstić information content (AvgIpc) is 3.18. The topological polar surface area (TPSA) is 47.3 Å². The molecule has 20 heavy (non-hydrogen) atoms. The molecule has 0 unspecified atom stereocenters. The van der Waals surface area contributed by atoms with Crippen molar-refractivity contribution in [3.8, 4) is 5.75 Å². The number of hydrogen-bond donors (Lipinski definition) is 1. The van der Waals surface area contributed by atoms with E-state index >= 15 is 0 Å².